The van der Waals surface area contributed by atoms with Gasteiger partial charge in [-0.3, -0.25) is 4.98 Å². The maximum Gasteiger partial charge on any atom is 0.166 e. The van der Waals surface area contributed by atoms with E-state index in [-0.39, 0.29) is 0 Å². The Morgan fingerprint density at radius 2 is 1.09 bits per heavy atom. The van der Waals surface area contributed by atoms with Gasteiger partial charge in [-0.1, -0.05) is 133 Å². The summed E-state index contributed by atoms with van der Waals surface area (Å²) >= 11 is 0. The molecule has 0 bridgehead atoms. The third kappa shape index (κ3) is 4.81. The zero-order valence-corrected chi connectivity index (χ0v) is 28.9. The number of para-hydroxylation sites is 2. The Kier molecular flexibility index (Phi) is 6.75. The van der Waals surface area contributed by atoms with Gasteiger partial charge in [-0.25, -0.2) is 15.0 Å². The highest BCUT2D eigenvalue weighted by molar-refractivity contribution is 6.18. The van der Waals surface area contributed by atoms with Gasteiger partial charge in [0.25, 0.3) is 0 Å². The van der Waals surface area contributed by atoms with Crippen LogP contribution in [0.4, 0.5) is 0 Å². The van der Waals surface area contributed by atoms with Crippen molar-refractivity contribution in [1.82, 2.24) is 24.5 Å². The van der Waals surface area contributed by atoms with E-state index in [1.807, 2.05) is 54.7 Å². The smallest absolute Gasteiger partial charge is 0.166 e. The molecule has 0 atom stereocenters. The van der Waals surface area contributed by atoms with Crippen molar-refractivity contribution in [2.45, 2.75) is 0 Å². The number of fused-ring (bicyclic) bond motifs is 8. The lowest BCUT2D eigenvalue weighted by atomic mass is 10.0. The van der Waals surface area contributed by atoms with E-state index in [9.17, 15) is 0 Å². The molecule has 0 N–H and O–H groups in total. The van der Waals surface area contributed by atoms with Gasteiger partial charge in [0.1, 0.15) is 5.58 Å². The molecule has 0 saturated carbocycles. The van der Waals surface area contributed by atoms with Gasteiger partial charge >= 0.3 is 0 Å². The number of nitrogens with zero attached hydrogens (tertiary/aromatic N) is 5. The molecule has 0 aliphatic carbocycles. The molecule has 0 amide bonds. The van der Waals surface area contributed by atoms with Crippen LogP contribution < -0.4 is 0 Å². The summed E-state index contributed by atoms with van der Waals surface area (Å²) in [6, 6.07) is 57.0. The largest absolute Gasteiger partial charge is 0.454 e. The number of hydrogen-bond acceptors (Lipinski definition) is 5. The highest BCUT2D eigenvalue weighted by Crippen LogP contribution is 2.39. The molecule has 0 radical (unpaired) electrons. The minimum Gasteiger partial charge on any atom is -0.454 e. The van der Waals surface area contributed by atoms with Crippen LogP contribution in [0, 0.1) is 0 Å². The van der Waals surface area contributed by atoms with Gasteiger partial charge < -0.3 is 8.98 Å². The molecule has 4 aromatic heterocycles. The summed E-state index contributed by atoms with van der Waals surface area (Å²) in [5.41, 5.74) is 9.71. The number of pyridine rings is 1. The lowest BCUT2D eigenvalue weighted by molar-refractivity contribution is 0.667. The number of rotatable bonds is 5. The second kappa shape index (κ2) is 12.1. The minimum atomic E-state index is 0.537. The zero-order chi connectivity index (χ0) is 35.6. The van der Waals surface area contributed by atoms with Crippen LogP contribution in [0.5, 0.6) is 0 Å². The monoisotopic (exact) mass is 691 g/mol. The normalized spacial score (nSPS) is 11.7. The Morgan fingerprint density at radius 3 is 1.98 bits per heavy atom. The summed E-state index contributed by atoms with van der Waals surface area (Å²) in [5, 5.41) is 6.85. The predicted octanol–water partition coefficient (Wildman–Crippen LogP) is 12.1. The number of aromatic nitrogens is 5. The third-order valence-corrected chi connectivity index (χ3v) is 10.3. The average molecular weight is 692 g/mol. The van der Waals surface area contributed by atoms with E-state index in [1.54, 1.807) is 6.20 Å². The summed E-state index contributed by atoms with van der Waals surface area (Å²) in [7, 11) is 0. The van der Waals surface area contributed by atoms with Crippen molar-refractivity contribution in [3.63, 3.8) is 0 Å². The standard InChI is InChI=1S/C48H29N5O/c1-2-13-31(14-3-1)46-50-47(52-48(51-46)40-28-49-29-43-44(40)39-21-7-9-23-42(39)54-43)34-17-10-15-32(26-34)33-16-11-18-35(27-33)53-41-22-8-6-20-37(41)38-25-24-30-12-4-5-19-36(30)45(38)53/h1-29H. The van der Waals surface area contributed by atoms with Crippen LogP contribution >= 0.6 is 0 Å². The zero-order valence-electron chi connectivity index (χ0n) is 28.9. The second-order valence-electron chi connectivity index (χ2n) is 13.5. The quantitative estimate of drug-likeness (QED) is 0.180. The molecule has 6 nitrogen and oxygen atoms in total. The summed E-state index contributed by atoms with van der Waals surface area (Å²) < 4.78 is 8.58. The Labute approximate surface area is 309 Å². The first-order valence-electron chi connectivity index (χ1n) is 18.0. The van der Waals surface area contributed by atoms with Gasteiger partial charge in [0.2, 0.25) is 0 Å². The molecular weight excluding hydrogens is 663 g/mol. The SMILES string of the molecule is c1ccc(-c2nc(-c3cccc(-c4cccc(-n5c6ccccc6c6ccc7ccccc7c65)c4)c3)nc(-c3cncc4oc5ccccc5c34)n2)cc1. The van der Waals surface area contributed by atoms with Gasteiger partial charge in [0.15, 0.2) is 23.1 Å². The van der Waals surface area contributed by atoms with Crippen LogP contribution in [0.25, 0.3) is 105 Å². The predicted molar refractivity (Wildman–Crippen MR) is 218 cm³/mol. The first-order valence-corrected chi connectivity index (χ1v) is 18.0. The van der Waals surface area contributed by atoms with Crippen molar-refractivity contribution >= 4 is 54.5 Å². The Bertz CT molecular complexity index is 3230. The summed E-state index contributed by atoms with van der Waals surface area (Å²) in [4.78, 5) is 19.7. The van der Waals surface area contributed by atoms with E-state index < -0.39 is 0 Å². The first kappa shape index (κ1) is 30.2. The van der Waals surface area contributed by atoms with Gasteiger partial charge in [-0.15, -0.1) is 0 Å². The van der Waals surface area contributed by atoms with Crippen LogP contribution in [0.3, 0.4) is 0 Å². The first-order chi connectivity index (χ1) is 26.8. The van der Waals surface area contributed by atoms with Gasteiger partial charge in [-0.2, -0.15) is 0 Å². The molecule has 0 aliphatic heterocycles. The van der Waals surface area contributed by atoms with E-state index in [4.69, 9.17) is 19.4 Å². The van der Waals surface area contributed by atoms with E-state index in [0.717, 1.165) is 49.9 Å². The highest BCUT2D eigenvalue weighted by Gasteiger charge is 2.19. The molecule has 252 valence electrons. The number of benzene rings is 7. The molecule has 0 fully saturated rings. The van der Waals surface area contributed by atoms with Crippen molar-refractivity contribution < 1.29 is 4.42 Å². The lowest BCUT2D eigenvalue weighted by Crippen LogP contribution is -2.01. The molecule has 0 spiro atoms. The van der Waals surface area contributed by atoms with Crippen LogP contribution in [-0.4, -0.2) is 24.5 Å². The fourth-order valence-electron chi connectivity index (χ4n) is 7.85. The summed E-state index contributed by atoms with van der Waals surface area (Å²) in [5.74, 6) is 1.71. The average Bonchev–Trinajstić information content (AvgIpc) is 3.80. The van der Waals surface area contributed by atoms with E-state index in [1.165, 1.54) is 32.6 Å². The van der Waals surface area contributed by atoms with Crippen LogP contribution in [-0.2, 0) is 0 Å². The number of furan rings is 1. The van der Waals surface area contributed by atoms with Crippen molar-refractivity contribution in [2.24, 2.45) is 0 Å². The molecule has 54 heavy (non-hydrogen) atoms. The maximum absolute atomic E-state index is 6.18. The van der Waals surface area contributed by atoms with Crippen LogP contribution in [0.15, 0.2) is 181 Å². The van der Waals surface area contributed by atoms with Crippen molar-refractivity contribution in [1.29, 1.82) is 0 Å². The topological polar surface area (TPSA) is 69.6 Å². The fourth-order valence-corrected chi connectivity index (χ4v) is 7.85. The molecule has 0 aliphatic rings. The molecule has 11 aromatic rings. The Hall–Kier alpha value is -7.44. The lowest BCUT2D eigenvalue weighted by Gasteiger charge is -2.13. The van der Waals surface area contributed by atoms with Crippen LogP contribution in [0.1, 0.15) is 0 Å². The Balaban J connectivity index is 1.08. The third-order valence-electron chi connectivity index (χ3n) is 10.3. The second-order valence-corrected chi connectivity index (χ2v) is 13.5. The maximum atomic E-state index is 6.18. The molecule has 0 saturated heterocycles. The van der Waals surface area contributed by atoms with Crippen LogP contribution in [0.2, 0.25) is 0 Å². The highest BCUT2D eigenvalue weighted by atomic mass is 16.3. The fraction of sp³-hybridized carbons (Fsp3) is 0. The minimum absolute atomic E-state index is 0.537. The van der Waals surface area contributed by atoms with Crippen molar-refractivity contribution in [3.05, 3.63) is 176 Å². The van der Waals surface area contributed by atoms with Crippen molar-refractivity contribution in [2.75, 3.05) is 0 Å². The van der Waals surface area contributed by atoms with E-state index >= 15 is 0 Å². The molecule has 7 aromatic carbocycles. The van der Waals surface area contributed by atoms with Gasteiger partial charge in [0.05, 0.1) is 17.2 Å². The molecular formula is C48H29N5O. The molecule has 4 heterocycles. The Morgan fingerprint density at radius 1 is 0.426 bits per heavy atom. The molecule has 6 heteroatoms. The number of hydrogen-bond donors (Lipinski definition) is 0. The van der Waals surface area contributed by atoms with E-state index in [0.29, 0.717) is 23.1 Å². The molecule has 0 unspecified atom stereocenters. The van der Waals surface area contributed by atoms with E-state index in [2.05, 4.69) is 125 Å². The van der Waals surface area contributed by atoms with Crippen molar-refractivity contribution in [3.8, 4) is 51.0 Å². The van der Waals surface area contributed by atoms with Gasteiger partial charge in [0, 0.05) is 55.5 Å². The summed E-state index contributed by atoms with van der Waals surface area (Å²) in [6.45, 7) is 0. The molecule has 11 rings (SSSR count). The van der Waals surface area contributed by atoms with Gasteiger partial charge in [-0.05, 0) is 46.8 Å². The summed E-state index contributed by atoms with van der Waals surface area (Å²) in [6.07, 6.45) is 3.57.